The van der Waals surface area contributed by atoms with Gasteiger partial charge in [0, 0.05) is 4.47 Å². The lowest BCUT2D eigenvalue weighted by molar-refractivity contribution is 0.493. The van der Waals surface area contributed by atoms with Crippen LogP contribution in [0.2, 0.25) is 0 Å². The summed E-state index contributed by atoms with van der Waals surface area (Å²) in [4.78, 5) is 4.53. The van der Waals surface area contributed by atoms with Crippen LogP contribution in [0.25, 0.3) is 11.0 Å². The number of halogens is 2. The Morgan fingerprint density at radius 3 is 2.94 bits per heavy atom. The summed E-state index contributed by atoms with van der Waals surface area (Å²) in [6.45, 7) is 0.646. The molecular formula is C13H10BrClN2O. The minimum atomic E-state index is 0.382. The van der Waals surface area contributed by atoms with E-state index in [9.17, 15) is 0 Å². The largest absolute Gasteiger partial charge is 0.467 e. The van der Waals surface area contributed by atoms with Crippen molar-refractivity contribution in [1.29, 1.82) is 0 Å². The molecule has 0 aliphatic heterocycles. The zero-order valence-corrected chi connectivity index (χ0v) is 11.8. The number of fused-ring (bicyclic) bond motifs is 1. The second kappa shape index (κ2) is 4.78. The van der Waals surface area contributed by atoms with E-state index in [-0.39, 0.29) is 0 Å². The minimum absolute atomic E-state index is 0.382. The molecule has 0 fully saturated rings. The predicted molar refractivity (Wildman–Crippen MR) is 74.8 cm³/mol. The second-order valence-electron chi connectivity index (χ2n) is 3.96. The summed E-state index contributed by atoms with van der Waals surface area (Å²) in [5.74, 6) is 2.12. The highest BCUT2D eigenvalue weighted by Crippen LogP contribution is 2.23. The second-order valence-corrected chi connectivity index (χ2v) is 5.14. The van der Waals surface area contributed by atoms with Crippen LogP contribution in [-0.4, -0.2) is 9.55 Å². The maximum absolute atomic E-state index is 5.96. The van der Waals surface area contributed by atoms with Crippen molar-refractivity contribution < 1.29 is 4.42 Å². The molecule has 2 heterocycles. The summed E-state index contributed by atoms with van der Waals surface area (Å²) in [7, 11) is 0. The monoisotopic (exact) mass is 324 g/mol. The highest BCUT2D eigenvalue weighted by molar-refractivity contribution is 9.10. The minimum Gasteiger partial charge on any atom is -0.467 e. The molecule has 0 bridgehead atoms. The van der Waals surface area contributed by atoms with Crippen LogP contribution in [0.15, 0.2) is 45.5 Å². The molecule has 0 N–H and O–H groups in total. The van der Waals surface area contributed by atoms with E-state index in [4.69, 9.17) is 16.0 Å². The molecule has 18 heavy (non-hydrogen) atoms. The molecule has 3 rings (SSSR count). The summed E-state index contributed by atoms with van der Waals surface area (Å²) in [6.07, 6.45) is 1.67. The molecule has 0 aliphatic carbocycles. The summed E-state index contributed by atoms with van der Waals surface area (Å²) < 4.78 is 8.47. The van der Waals surface area contributed by atoms with Gasteiger partial charge in [-0.1, -0.05) is 15.9 Å². The van der Waals surface area contributed by atoms with Crippen molar-refractivity contribution in [2.45, 2.75) is 12.4 Å². The number of hydrogen-bond donors (Lipinski definition) is 0. The first-order valence-corrected chi connectivity index (χ1v) is 6.83. The maximum atomic E-state index is 5.96. The molecular weight excluding hydrogens is 316 g/mol. The van der Waals surface area contributed by atoms with Gasteiger partial charge in [-0.25, -0.2) is 4.98 Å². The molecule has 0 saturated heterocycles. The van der Waals surface area contributed by atoms with Gasteiger partial charge in [-0.05, 0) is 30.3 Å². The van der Waals surface area contributed by atoms with Crippen LogP contribution in [0.1, 0.15) is 11.6 Å². The van der Waals surface area contributed by atoms with Crippen molar-refractivity contribution in [3.63, 3.8) is 0 Å². The Bertz CT molecular complexity index is 676. The average molecular weight is 326 g/mol. The molecule has 3 nitrogen and oxygen atoms in total. The van der Waals surface area contributed by atoms with Gasteiger partial charge in [0.1, 0.15) is 11.6 Å². The molecule has 2 aromatic heterocycles. The fourth-order valence-corrected chi connectivity index (χ4v) is 2.54. The SMILES string of the molecule is ClCc1nc2cc(Br)ccc2n1Cc1ccco1. The number of hydrogen-bond acceptors (Lipinski definition) is 2. The number of nitrogens with zero attached hydrogens (tertiary/aromatic N) is 2. The van der Waals surface area contributed by atoms with Crippen LogP contribution in [0.5, 0.6) is 0 Å². The van der Waals surface area contributed by atoms with Gasteiger partial charge in [0.15, 0.2) is 0 Å². The highest BCUT2D eigenvalue weighted by Gasteiger charge is 2.11. The number of imidazole rings is 1. The Kier molecular flexibility index (Phi) is 3.14. The molecule has 0 atom stereocenters. The maximum Gasteiger partial charge on any atom is 0.125 e. The fraction of sp³-hybridized carbons (Fsp3) is 0.154. The van der Waals surface area contributed by atoms with E-state index in [1.807, 2.05) is 30.3 Å². The zero-order valence-electron chi connectivity index (χ0n) is 9.44. The number of rotatable bonds is 3. The van der Waals surface area contributed by atoms with E-state index in [1.165, 1.54) is 0 Å². The van der Waals surface area contributed by atoms with E-state index >= 15 is 0 Å². The Morgan fingerprint density at radius 2 is 2.22 bits per heavy atom. The molecule has 0 unspecified atom stereocenters. The first kappa shape index (κ1) is 11.8. The number of furan rings is 1. The Morgan fingerprint density at radius 1 is 1.33 bits per heavy atom. The van der Waals surface area contributed by atoms with E-state index in [1.54, 1.807) is 6.26 Å². The summed E-state index contributed by atoms with van der Waals surface area (Å²) in [5.41, 5.74) is 2.00. The lowest BCUT2D eigenvalue weighted by Crippen LogP contribution is -2.02. The topological polar surface area (TPSA) is 31.0 Å². The van der Waals surface area contributed by atoms with Gasteiger partial charge in [0.05, 0.1) is 29.7 Å². The standard InChI is InChI=1S/C13H10BrClN2O/c14-9-3-4-12-11(6-9)16-13(7-15)17(12)8-10-2-1-5-18-10/h1-6H,7-8H2. The van der Waals surface area contributed by atoms with Crippen molar-refractivity contribution in [1.82, 2.24) is 9.55 Å². The Hall–Kier alpha value is -1.26. The van der Waals surface area contributed by atoms with Crippen molar-refractivity contribution in [2.24, 2.45) is 0 Å². The average Bonchev–Trinajstić information content (AvgIpc) is 2.97. The molecule has 1 aromatic carbocycles. The molecule has 0 amide bonds. The Balaban J connectivity index is 2.13. The highest BCUT2D eigenvalue weighted by atomic mass is 79.9. The number of alkyl halides is 1. The van der Waals surface area contributed by atoms with Gasteiger partial charge >= 0.3 is 0 Å². The van der Waals surface area contributed by atoms with E-state index in [0.29, 0.717) is 12.4 Å². The van der Waals surface area contributed by atoms with Crippen LogP contribution in [0, 0.1) is 0 Å². The quantitative estimate of drug-likeness (QED) is 0.676. The van der Waals surface area contributed by atoms with Crippen LogP contribution in [-0.2, 0) is 12.4 Å². The molecule has 0 aliphatic rings. The molecule has 3 aromatic rings. The summed E-state index contributed by atoms with van der Waals surface area (Å²) >= 11 is 9.41. The van der Waals surface area contributed by atoms with E-state index in [2.05, 4.69) is 25.5 Å². The van der Waals surface area contributed by atoms with Gasteiger partial charge in [0.25, 0.3) is 0 Å². The molecule has 5 heteroatoms. The molecule has 0 radical (unpaired) electrons. The number of benzene rings is 1. The van der Waals surface area contributed by atoms with E-state index in [0.717, 1.165) is 27.1 Å². The Labute approximate surface area is 118 Å². The van der Waals surface area contributed by atoms with Gasteiger partial charge < -0.3 is 8.98 Å². The van der Waals surface area contributed by atoms with Crippen molar-refractivity contribution in [3.8, 4) is 0 Å². The van der Waals surface area contributed by atoms with Gasteiger partial charge in [-0.15, -0.1) is 11.6 Å². The first-order valence-electron chi connectivity index (χ1n) is 5.51. The first-order chi connectivity index (χ1) is 8.78. The van der Waals surface area contributed by atoms with Crippen molar-refractivity contribution in [3.05, 3.63) is 52.7 Å². The van der Waals surface area contributed by atoms with Crippen LogP contribution in [0.3, 0.4) is 0 Å². The van der Waals surface area contributed by atoms with Crippen LogP contribution in [0.4, 0.5) is 0 Å². The molecule has 92 valence electrons. The van der Waals surface area contributed by atoms with E-state index < -0.39 is 0 Å². The third kappa shape index (κ3) is 2.06. The zero-order chi connectivity index (χ0) is 12.5. The van der Waals surface area contributed by atoms with Crippen molar-refractivity contribution in [2.75, 3.05) is 0 Å². The third-order valence-electron chi connectivity index (χ3n) is 2.80. The predicted octanol–water partition coefficient (Wildman–Crippen LogP) is 4.18. The van der Waals surface area contributed by atoms with Gasteiger partial charge in [-0.3, -0.25) is 0 Å². The lowest BCUT2D eigenvalue weighted by atomic mass is 10.3. The molecule has 0 saturated carbocycles. The van der Waals surface area contributed by atoms with Gasteiger partial charge in [0.2, 0.25) is 0 Å². The summed E-state index contributed by atoms with van der Waals surface area (Å²) in [5, 5.41) is 0. The fourth-order valence-electron chi connectivity index (χ4n) is 1.99. The smallest absolute Gasteiger partial charge is 0.125 e. The normalized spacial score (nSPS) is 11.2. The third-order valence-corrected chi connectivity index (χ3v) is 3.54. The number of aromatic nitrogens is 2. The van der Waals surface area contributed by atoms with Crippen LogP contribution < -0.4 is 0 Å². The molecule has 0 spiro atoms. The summed E-state index contributed by atoms with van der Waals surface area (Å²) in [6, 6.07) is 9.85. The van der Waals surface area contributed by atoms with Gasteiger partial charge in [-0.2, -0.15) is 0 Å². The van der Waals surface area contributed by atoms with Crippen molar-refractivity contribution >= 4 is 38.6 Å². The van der Waals surface area contributed by atoms with Crippen LogP contribution >= 0.6 is 27.5 Å². The lowest BCUT2D eigenvalue weighted by Gasteiger charge is -2.05.